The highest BCUT2D eigenvalue weighted by Crippen LogP contribution is 2.13. The standard InChI is InChI=1S/C11H15ClN2O3S/c1-8(6-12)7-18(16,17)14-10-4-2-9(3-5-10)11(13)15/h2-5,8,14H,6-7H2,1H3,(H2,13,15). The number of anilines is 1. The number of carbonyl (C=O) groups excluding carboxylic acids is 1. The Morgan fingerprint density at radius 3 is 2.39 bits per heavy atom. The molecular weight excluding hydrogens is 276 g/mol. The van der Waals surface area contributed by atoms with Crippen molar-refractivity contribution in [3.8, 4) is 0 Å². The van der Waals surface area contributed by atoms with E-state index in [1.54, 1.807) is 6.92 Å². The van der Waals surface area contributed by atoms with Gasteiger partial charge >= 0.3 is 0 Å². The van der Waals surface area contributed by atoms with Gasteiger partial charge in [0.25, 0.3) is 0 Å². The number of carbonyl (C=O) groups is 1. The van der Waals surface area contributed by atoms with Crippen LogP contribution >= 0.6 is 11.6 Å². The zero-order valence-electron chi connectivity index (χ0n) is 9.89. The fraction of sp³-hybridized carbons (Fsp3) is 0.364. The quantitative estimate of drug-likeness (QED) is 0.776. The molecule has 0 fully saturated rings. The second kappa shape index (κ2) is 6.06. The summed E-state index contributed by atoms with van der Waals surface area (Å²) >= 11 is 5.57. The highest BCUT2D eigenvalue weighted by atomic mass is 35.5. The number of primary amides is 1. The summed E-state index contributed by atoms with van der Waals surface area (Å²) in [5, 5.41) is 0. The van der Waals surface area contributed by atoms with E-state index in [-0.39, 0.29) is 17.6 Å². The first-order valence-corrected chi connectivity index (χ1v) is 7.49. The molecule has 0 aromatic heterocycles. The molecule has 1 aromatic carbocycles. The van der Waals surface area contributed by atoms with Crippen molar-refractivity contribution in [2.24, 2.45) is 11.7 Å². The maximum Gasteiger partial charge on any atom is 0.248 e. The van der Waals surface area contributed by atoms with Crippen molar-refractivity contribution >= 4 is 33.2 Å². The largest absolute Gasteiger partial charge is 0.366 e. The number of hydrogen-bond donors (Lipinski definition) is 2. The Morgan fingerprint density at radius 2 is 1.94 bits per heavy atom. The van der Waals surface area contributed by atoms with Crippen LogP contribution in [0.25, 0.3) is 0 Å². The fourth-order valence-corrected chi connectivity index (χ4v) is 3.03. The maximum atomic E-state index is 11.7. The molecular formula is C11H15ClN2O3S. The van der Waals surface area contributed by atoms with Gasteiger partial charge in [-0.2, -0.15) is 0 Å². The van der Waals surface area contributed by atoms with Gasteiger partial charge in [0.05, 0.1) is 5.75 Å². The van der Waals surface area contributed by atoms with Crippen molar-refractivity contribution in [2.75, 3.05) is 16.4 Å². The molecule has 0 saturated carbocycles. The first-order chi connectivity index (χ1) is 8.34. The van der Waals surface area contributed by atoms with Crippen molar-refractivity contribution in [2.45, 2.75) is 6.92 Å². The fourth-order valence-electron chi connectivity index (χ4n) is 1.34. The van der Waals surface area contributed by atoms with E-state index in [1.807, 2.05) is 0 Å². The molecule has 1 aromatic rings. The van der Waals surface area contributed by atoms with Crippen LogP contribution in [0.4, 0.5) is 5.69 Å². The molecule has 0 aliphatic heterocycles. The Labute approximate surface area is 111 Å². The van der Waals surface area contributed by atoms with Gasteiger partial charge in [0, 0.05) is 17.1 Å². The third-order valence-electron chi connectivity index (χ3n) is 2.21. The predicted octanol–water partition coefficient (Wildman–Crippen LogP) is 1.40. The van der Waals surface area contributed by atoms with Crippen LogP contribution < -0.4 is 10.5 Å². The third kappa shape index (κ3) is 4.54. The average Bonchev–Trinajstić information content (AvgIpc) is 2.28. The van der Waals surface area contributed by atoms with Crippen LogP contribution in [0.2, 0.25) is 0 Å². The first-order valence-electron chi connectivity index (χ1n) is 5.30. The third-order valence-corrected chi connectivity index (χ3v) is 4.29. The molecule has 1 atom stereocenters. The molecule has 5 nitrogen and oxygen atoms in total. The Bertz CT molecular complexity index is 514. The van der Waals surface area contributed by atoms with E-state index in [0.717, 1.165) is 0 Å². The predicted molar refractivity (Wildman–Crippen MR) is 72.3 cm³/mol. The number of alkyl halides is 1. The minimum absolute atomic E-state index is 0.0475. The number of nitrogens with one attached hydrogen (secondary N) is 1. The zero-order valence-corrected chi connectivity index (χ0v) is 11.5. The van der Waals surface area contributed by atoms with Crippen LogP contribution in [0.15, 0.2) is 24.3 Å². The molecule has 1 unspecified atom stereocenters. The first kappa shape index (κ1) is 14.8. The zero-order chi connectivity index (χ0) is 13.8. The monoisotopic (exact) mass is 290 g/mol. The van der Waals surface area contributed by atoms with Gasteiger partial charge in [0.1, 0.15) is 0 Å². The summed E-state index contributed by atoms with van der Waals surface area (Å²) in [7, 11) is -3.43. The minimum atomic E-state index is -3.43. The van der Waals surface area contributed by atoms with Crippen LogP contribution in [-0.2, 0) is 10.0 Å². The van der Waals surface area contributed by atoms with Gasteiger partial charge in [0.2, 0.25) is 15.9 Å². The molecule has 18 heavy (non-hydrogen) atoms. The van der Waals surface area contributed by atoms with Crippen LogP contribution in [0.5, 0.6) is 0 Å². The Balaban J connectivity index is 2.75. The molecule has 0 radical (unpaired) electrons. The molecule has 0 saturated heterocycles. The molecule has 0 heterocycles. The smallest absolute Gasteiger partial charge is 0.248 e. The van der Waals surface area contributed by atoms with Crippen LogP contribution in [-0.4, -0.2) is 26.0 Å². The number of hydrogen-bond acceptors (Lipinski definition) is 3. The molecule has 0 bridgehead atoms. The molecule has 0 aliphatic carbocycles. The summed E-state index contributed by atoms with van der Waals surface area (Å²) in [5.74, 6) is -0.454. The topological polar surface area (TPSA) is 89.3 Å². The summed E-state index contributed by atoms with van der Waals surface area (Å²) < 4.78 is 25.9. The van der Waals surface area contributed by atoms with Crippen LogP contribution in [0.1, 0.15) is 17.3 Å². The lowest BCUT2D eigenvalue weighted by molar-refractivity contribution is 0.100. The van der Waals surface area contributed by atoms with Crippen molar-refractivity contribution in [3.05, 3.63) is 29.8 Å². The highest BCUT2D eigenvalue weighted by Gasteiger charge is 2.15. The van der Waals surface area contributed by atoms with Gasteiger partial charge < -0.3 is 5.73 Å². The van der Waals surface area contributed by atoms with E-state index >= 15 is 0 Å². The van der Waals surface area contributed by atoms with Crippen molar-refractivity contribution < 1.29 is 13.2 Å². The maximum absolute atomic E-state index is 11.7. The van der Waals surface area contributed by atoms with Gasteiger partial charge in [-0.3, -0.25) is 9.52 Å². The number of amides is 1. The Hall–Kier alpha value is -1.27. The van der Waals surface area contributed by atoms with Crippen molar-refractivity contribution in [1.82, 2.24) is 0 Å². The van der Waals surface area contributed by atoms with E-state index < -0.39 is 15.9 Å². The van der Waals surface area contributed by atoms with E-state index in [4.69, 9.17) is 17.3 Å². The van der Waals surface area contributed by atoms with Crippen LogP contribution in [0, 0.1) is 5.92 Å². The Kier molecular flexibility index (Phi) is 4.98. The second-order valence-corrected chi connectivity index (χ2v) is 6.16. The van der Waals surface area contributed by atoms with E-state index in [9.17, 15) is 13.2 Å². The highest BCUT2D eigenvalue weighted by molar-refractivity contribution is 7.92. The molecule has 3 N–H and O–H groups in total. The van der Waals surface area contributed by atoms with Gasteiger partial charge in [-0.25, -0.2) is 8.42 Å². The van der Waals surface area contributed by atoms with Crippen molar-refractivity contribution in [3.63, 3.8) is 0 Å². The van der Waals surface area contributed by atoms with E-state index in [2.05, 4.69) is 4.72 Å². The molecule has 100 valence electrons. The molecule has 0 spiro atoms. The molecule has 1 amide bonds. The molecule has 1 rings (SSSR count). The Morgan fingerprint density at radius 1 is 1.39 bits per heavy atom. The van der Waals surface area contributed by atoms with Gasteiger partial charge in [-0.15, -0.1) is 11.6 Å². The summed E-state index contributed by atoms with van der Waals surface area (Å²) in [6.07, 6.45) is 0. The summed E-state index contributed by atoms with van der Waals surface area (Å²) in [4.78, 5) is 10.9. The average molecular weight is 291 g/mol. The lowest BCUT2D eigenvalue weighted by Gasteiger charge is -2.11. The second-order valence-electron chi connectivity index (χ2n) is 4.08. The van der Waals surface area contributed by atoms with E-state index in [1.165, 1.54) is 24.3 Å². The number of sulfonamides is 1. The molecule has 0 aliphatic rings. The SMILES string of the molecule is CC(CCl)CS(=O)(=O)Nc1ccc(C(N)=O)cc1. The van der Waals surface area contributed by atoms with Gasteiger partial charge in [-0.1, -0.05) is 6.92 Å². The van der Waals surface area contributed by atoms with Gasteiger partial charge in [-0.05, 0) is 30.2 Å². The van der Waals surface area contributed by atoms with Gasteiger partial charge in [0.15, 0.2) is 0 Å². The van der Waals surface area contributed by atoms with E-state index in [0.29, 0.717) is 11.3 Å². The van der Waals surface area contributed by atoms with Crippen LogP contribution in [0.3, 0.4) is 0 Å². The number of halogens is 1. The number of nitrogens with two attached hydrogens (primary N) is 1. The van der Waals surface area contributed by atoms with Crippen molar-refractivity contribution in [1.29, 1.82) is 0 Å². The summed E-state index contributed by atoms with van der Waals surface area (Å²) in [6, 6.07) is 5.91. The number of rotatable bonds is 6. The lowest BCUT2D eigenvalue weighted by Crippen LogP contribution is -2.22. The molecule has 7 heteroatoms. The normalized spacial score (nSPS) is 13.0. The number of benzene rings is 1. The lowest BCUT2D eigenvalue weighted by atomic mass is 10.2. The summed E-state index contributed by atoms with van der Waals surface area (Å²) in [6.45, 7) is 1.75. The summed E-state index contributed by atoms with van der Waals surface area (Å²) in [5.41, 5.74) is 5.80. The minimum Gasteiger partial charge on any atom is -0.366 e.